The fraction of sp³-hybridized carbons (Fsp3) is 1.00. The van der Waals surface area contributed by atoms with Gasteiger partial charge in [-0.05, 0) is 0 Å². The second-order valence-electron chi connectivity index (χ2n) is 5.04. The normalized spacial score (nSPS) is 51.3. The van der Waals surface area contributed by atoms with Crippen molar-refractivity contribution in [3.05, 3.63) is 0 Å². The van der Waals surface area contributed by atoms with Crippen LogP contribution in [0, 0.1) is 0 Å². The smallest absolute Gasteiger partial charge is 0.189 e. The molecule has 2 fully saturated rings. The molecule has 0 bridgehead atoms. The first kappa shape index (κ1) is 17.0. The van der Waals surface area contributed by atoms with Crippen LogP contribution in [0.4, 0.5) is 0 Å². The topological polar surface area (TPSA) is 169 Å². The highest BCUT2D eigenvalue weighted by Gasteiger charge is 2.49. The van der Waals surface area contributed by atoms with Gasteiger partial charge in [-0.15, -0.1) is 0 Å². The first-order valence-electron chi connectivity index (χ1n) is 6.49. The maximum absolute atomic E-state index is 9.77. The van der Waals surface area contributed by atoms with Gasteiger partial charge in [-0.25, -0.2) is 0 Å². The minimum absolute atomic E-state index is 0.549. The van der Waals surface area contributed by atoms with Crippen LogP contribution in [0.15, 0.2) is 0 Å². The van der Waals surface area contributed by atoms with Crippen LogP contribution in [0.5, 0.6) is 0 Å². The molecule has 1 unspecified atom stereocenters. The zero-order valence-electron chi connectivity index (χ0n) is 11.0. The Labute approximate surface area is 119 Å². The Balaban J connectivity index is 2.01. The predicted octanol–water partition coefficient (Wildman–Crippen LogP) is -4.76. The first-order chi connectivity index (χ1) is 9.90. The molecule has 124 valence electrons. The van der Waals surface area contributed by atoms with Crippen LogP contribution >= 0.6 is 0 Å². The molecule has 0 aromatic carbocycles. The van der Waals surface area contributed by atoms with Crippen molar-refractivity contribution in [1.82, 2.24) is 0 Å². The Morgan fingerprint density at radius 2 is 1.00 bits per heavy atom. The predicted molar refractivity (Wildman–Crippen MR) is 62.6 cm³/mol. The molecule has 0 aliphatic carbocycles. The van der Waals surface area contributed by atoms with E-state index in [4.69, 9.17) is 24.4 Å². The highest BCUT2D eigenvalue weighted by Crippen LogP contribution is 2.28. The maximum Gasteiger partial charge on any atom is 0.189 e. The number of aliphatic hydroxyl groups is 7. The van der Waals surface area contributed by atoms with Gasteiger partial charge in [0.05, 0.1) is 13.2 Å². The third kappa shape index (κ3) is 3.19. The fourth-order valence-corrected chi connectivity index (χ4v) is 2.29. The minimum atomic E-state index is -1.65. The van der Waals surface area contributed by atoms with Crippen LogP contribution < -0.4 is 0 Å². The van der Waals surface area contributed by atoms with E-state index >= 15 is 0 Å². The van der Waals surface area contributed by atoms with Crippen molar-refractivity contribution in [1.29, 1.82) is 0 Å². The summed E-state index contributed by atoms with van der Waals surface area (Å²) in [7, 11) is 0. The summed E-state index contributed by atoms with van der Waals surface area (Å²) in [6, 6.07) is 0. The summed E-state index contributed by atoms with van der Waals surface area (Å²) < 4.78 is 15.3. The number of hydrogen-bond donors (Lipinski definition) is 7. The number of hydrogen-bond acceptors (Lipinski definition) is 10. The quantitative estimate of drug-likeness (QED) is 0.267. The van der Waals surface area contributed by atoms with Crippen LogP contribution in [0.1, 0.15) is 0 Å². The van der Waals surface area contributed by atoms with Gasteiger partial charge in [-0.2, -0.15) is 0 Å². The summed E-state index contributed by atoms with van der Waals surface area (Å²) in [5.74, 6) is 0. The second-order valence-corrected chi connectivity index (χ2v) is 5.04. The van der Waals surface area contributed by atoms with Crippen LogP contribution in [-0.4, -0.2) is 104 Å². The average Bonchev–Trinajstić information content (AvgIpc) is 2.75. The Morgan fingerprint density at radius 3 is 1.43 bits per heavy atom. The summed E-state index contributed by atoms with van der Waals surface area (Å²) >= 11 is 0. The molecule has 2 saturated heterocycles. The van der Waals surface area contributed by atoms with E-state index in [0.717, 1.165) is 0 Å². The van der Waals surface area contributed by atoms with E-state index in [1.54, 1.807) is 0 Å². The highest BCUT2D eigenvalue weighted by atomic mass is 16.8. The standard InChI is InChI=1S/C11H20O10/c12-1-3-5(14)7(16)9(18)11(19-3)21-10-8(17)6(15)4(2-13)20-10/h3-18H,1-2H2/t3-,4-,5-,6-,7+,8-,9-,10?,11-/m1/s1. The Morgan fingerprint density at radius 1 is 0.619 bits per heavy atom. The molecule has 0 spiro atoms. The molecule has 2 aliphatic heterocycles. The zero-order chi connectivity index (χ0) is 15.7. The molecule has 0 radical (unpaired) electrons. The molecule has 10 nitrogen and oxygen atoms in total. The molecule has 2 heterocycles. The Bertz CT molecular complexity index is 339. The van der Waals surface area contributed by atoms with Crippen molar-refractivity contribution in [2.75, 3.05) is 13.2 Å². The summed E-state index contributed by atoms with van der Waals surface area (Å²) in [5.41, 5.74) is 0. The van der Waals surface area contributed by atoms with Crippen LogP contribution in [0.3, 0.4) is 0 Å². The molecule has 0 amide bonds. The largest absolute Gasteiger partial charge is 0.394 e. The van der Waals surface area contributed by atoms with Crippen molar-refractivity contribution < 1.29 is 50.0 Å². The molecule has 0 aromatic rings. The number of rotatable bonds is 4. The Kier molecular flexibility index (Phi) is 5.48. The van der Waals surface area contributed by atoms with Crippen molar-refractivity contribution in [2.45, 2.75) is 55.3 Å². The third-order valence-corrected chi connectivity index (χ3v) is 3.62. The minimum Gasteiger partial charge on any atom is -0.394 e. The summed E-state index contributed by atoms with van der Waals surface area (Å²) in [5, 5.41) is 66.2. The van der Waals surface area contributed by atoms with E-state index in [-0.39, 0.29) is 0 Å². The monoisotopic (exact) mass is 312 g/mol. The molecule has 7 N–H and O–H groups in total. The van der Waals surface area contributed by atoms with Crippen LogP contribution in [-0.2, 0) is 14.2 Å². The molecule has 2 aliphatic rings. The van der Waals surface area contributed by atoms with Crippen molar-refractivity contribution in [3.63, 3.8) is 0 Å². The molecule has 0 aromatic heterocycles. The lowest BCUT2D eigenvalue weighted by Gasteiger charge is -2.40. The lowest BCUT2D eigenvalue weighted by atomic mass is 9.99. The molecular weight excluding hydrogens is 292 g/mol. The van der Waals surface area contributed by atoms with Crippen LogP contribution in [0.2, 0.25) is 0 Å². The summed E-state index contributed by atoms with van der Waals surface area (Å²) in [6.07, 6.45) is -12.8. The van der Waals surface area contributed by atoms with E-state index in [1.165, 1.54) is 0 Å². The molecule has 2 rings (SSSR count). The third-order valence-electron chi connectivity index (χ3n) is 3.62. The molecule has 10 heteroatoms. The van der Waals surface area contributed by atoms with Gasteiger partial charge in [0.2, 0.25) is 0 Å². The van der Waals surface area contributed by atoms with Gasteiger partial charge in [0.15, 0.2) is 12.6 Å². The van der Waals surface area contributed by atoms with Gasteiger partial charge < -0.3 is 50.0 Å². The van der Waals surface area contributed by atoms with Gasteiger partial charge >= 0.3 is 0 Å². The van der Waals surface area contributed by atoms with E-state index in [2.05, 4.69) is 0 Å². The van der Waals surface area contributed by atoms with Crippen molar-refractivity contribution >= 4 is 0 Å². The fourth-order valence-electron chi connectivity index (χ4n) is 2.29. The van der Waals surface area contributed by atoms with Gasteiger partial charge in [-0.3, -0.25) is 0 Å². The zero-order valence-corrected chi connectivity index (χ0v) is 11.0. The number of ether oxygens (including phenoxy) is 3. The van der Waals surface area contributed by atoms with Crippen LogP contribution in [0.25, 0.3) is 0 Å². The van der Waals surface area contributed by atoms with Gasteiger partial charge in [0.1, 0.15) is 42.7 Å². The van der Waals surface area contributed by atoms with Gasteiger partial charge in [0, 0.05) is 0 Å². The highest BCUT2D eigenvalue weighted by molar-refractivity contribution is 4.91. The van der Waals surface area contributed by atoms with E-state index in [9.17, 15) is 25.5 Å². The van der Waals surface area contributed by atoms with E-state index < -0.39 is 68.5 Å². The van der Waals surface area contributed by atoms with E-state index in [0.29, 0.717) is 0 Å². The van der Waals surface area contributed by atoms with Gasteiger partial charge in [-0.1, -0.05) is 0 Å². The summed E-state index contributed by atoms with van der Waals surface area (Å²) in [6.45, 7) is -1.17. The van der Waals surface area contributed by atoms with Crippen molar-refractivity contribution in [3.8, 4) is 0 Å². The molecule has 21 heavy (non-hydrogen) atoms. The second kappa shape index (κ2) is 6.79. The maximum atomic E-state index is 9.77. The summed E-state index contributed by atoms with van der Waals surface area (Å²) in [4.78, 5) is 0. The SMILES string of the molecule is OC[C@H]1OC(O[C@H]2O[C@H](CO)[C@@H](O)[C@H](O)[C@H]2O)[C@H](O)[C@@H]1O. The first-order valence-corrected chi connectivity index (χ1v) is 6.49. The molecule has 0 saturated carbocycles. The molecular formula is C11H20O10. The Hall–Kier alpha value is -0.400. The number of aliphatic hydroxyl groups excluding tert-OH is 7. The molecule has 9 atom stereocenters. The average molecular weight is 312 g/mol. The van der Waals surface area contributed by atoms with E-state index in [1.807, 2.05) is 0 Å². The lowest BCUT2D eigenvalue weighted by Crippen LogP contribution is -2.60. The van der Waals surface area contributed by atoms with Crippen molar-refractivity contribution in [2.24, 2.45) is 0 Å². The van der Waals surface area contributed by atoms with Gasteiger partial charge in [0.25, 0.3) is 0 Å². The lowest BCUT2D eigenvalue weighted by molar-refractivity contribution is -0.341.